The maximum absolute atomic E-state index is 10.8. The third kappa shape index (κ3) is 6.15. The van der Waals surface area contributed by atoms with Crippen LogP contribution >= 0.6 is 0 Å². The summed E-state index contributed by atoms with van der Waals surface area (Å²) in [5, 5.41) is 4.37. The molecule has 1 aliphatic heterocycles. The van der Waals surface area contributed by atoms with E-state index in [-0.39, 0.29) is 12.4 Å². The minimum absolute atomic E-state index is 0.251. The van der Waals surface area contributed by atoms with Crippen LogP contribution in [0.3, 0.4) is 0 Å². The van der Waals surface area contributed by atoms with Crippen LogP contribution in [0.15, 0.2) is 48.5 Å². The molecule has 0 aromatic carbocycles. The summed E-state index contributed by atoms with van der Waals surface area (Å²) in [6, 6.07) is 3.37. The zero-order valence-corrected chi connectivity index (χ0v) is 19.4. The molecule has 8 heteroatoms. The third-order valence-corrected chi connectivity index (χ3v) is 5.28. The first-order chi connectivity index (χ1) is 16.0. The Bertz CT molecular complexity index is 1030. The van der Waals surface area contributed by atoms with Crippen LogP contribution in [-0.4, -0.2) is 46.2 Å². The molecular weight excluding hydrogens is 420 g/mol. The van der Waals surface area contributed by atoms with Gasteiger partial charge in [-0.05, 0) is 52.2 Å². The second kappa shape index (κ2) is 11.5. The van der Waals surface area contributed by atoms with Crippen LogP contribution in [0.1, 0.15) is 68.0 Å². The van der Waals surface area contributed by atoms with Crippen molar-refractivity contribution in [1.29, 1.82) is 0 Å². The Hall–Kier alpha value is -3.28. The molecule has 2 aromatic rings. The van der Waals surface area contributed by atoms with Crippen molar-refractivity contribution in [2.24, 2.45) is 10.6 Å². The van der Waals surface area contributed by atoms with Crippen molar-refractivity contribution in [1.82, 2.24) is 14.5 Å². The predicted octanol–water partition coefficient (Wildman–Crippen LogP) is 4.14. The van der Waals surface area contributed by atoms with Crippen molar-refractivity contribution in [3.8, 4) is 11.8 Å². The van der Waals surface area contributed by atoms with Gasteiger partial charge in [-0.15, -0.1) is 6.58 Å². The van der Waals surface area contributed by atoms with Gasteiger partial charge < -0.3 is 14.3 Å². The molecule has 0 bridgehead atoms. The van der Waals surface area contributed by atoms with E-state index in [1.807, 2.05) is 25.3 Å². The van der Waals surface area contributed by atoms with E-state index in [0.717, 1.165) is 19.3 Å². The minimum atomic E-state index is -0.880. The van der Waals surface area contributed by atoms with Gasteiger partial charge in [-0.3, -0.25) is 14.3 Å². The van der Waals surface area contributed by atoms with E-state index >= 15 is 0 Å². The predicted molar refractivity (Wildman–Crippen MR) is 125 cm³/mol. The molecule has 2 aromatic heterocycles. The maximum Gasteiger partial charge on any atom is 0.176 e. The summed E-state index contributed by atoms with van der Waals surface area (Å²) < 4.78 is 13.7. The number of carbonyl (C=O) groups excluding carboxylic acids is 1. The highest BCUT2D eigenvalue weighted by Crippen LogP contribution is 2.27. The van der Waals surface area contributed by atoms with Crippen molar-refractivity contribution >= 4 is 12.1 Å². The monoisotopic (exact) mass is 450 g/mol. The Labute approximate surface area is 194 Å². The molecule has 3 rings (SSSR count). The maximum atomic E-state index is 10.8. The molecule has 0 amide bonds. The lowest BCUT2D eigenvalue weighted by Gasteiger charge is -2.28. The van der Waals surface area contributed by atoms with Crippen LogP contribution in [-0.2, 0) is 14.3 Å². The van der Waals surface area contributed by atoms with E-state index in [4.69, 9.17) is 14.3 Å². The molecule has 3 atom stereocenters. The lowest BCUT2D eigenvalue weighted by atomic mass is 9.89. The molecule has 1 unspecified atom stereocenters. The van der Waals surface area contributed by atoms with Gasteiger partial charge in [0.25, 0.3) is 0 Å². The summed E-state index contributed by atoms with van der Waals surface area (Å²) in [5.74, 6) is 7.50. The number of rotatable bonds is 8. The average Bonchev–Trinajstić information content (AvgIpc) is 3.33. The van der Waals surface area contributed by atoms with E-state index in [2.05, 4.69) is 33.5 Å². The van der Waals surface area contributed by atoms with Crippen LogP contribution in [0, 0.1) is 17.3 Å². The van der Waals surface area contributed by atoms with Gasteiger partial charge >= 0.3 is 0 Å². The van der Waals surface area contributed by atoms with Gasteiger partial charge in [0.15, 0.2) is 18.4 Å². The van der Waals surface area contributed by atoms with E-state index in [1.165, 1.54) is 0 Å². The lowest BCUT2D eigenvalue weighted by Crippen LogP contribution is -2.33. The second-order valence-electron chi connectivity index (χ2n) is 7.81. The van der Waals surface area contributed by atoms with Crippen molar-refractivity contribution in [3.05, 3.63) is 60.5 Å². The van der Waals surface area contributed by atoms with Gasteiger partial charge in [0.1, 0.15) is 29.6 Å². The van der Waals surface area contributed by atoms with Crippen LogP contribution in [0.4, 0.5) is 0 Å². The fourth-order valence-corrected chi connectivity index (χ4v) is 3.37. The number of hydrogen-bond donors (Lipinski definition) is 0. The molecule has 0 N–H and O–H groups in total. The summed E-state index contributed by atoms with van der Waals surface area (Å²) in [6.45, 7) is 10.8. The molecule has 3 heterocycles. The standard InChI is InChI=1S/C25H30N4O4/c1-5-25(4,13-12-20-10-11-21(18-30)27-17-20)24(28-32-6-2)29-15-14-26-23(29)19(3)33-22-9-7-8-16-31-22/h5,10-11,14-15,17-19,22H,1,6-9,16H2,2-4H3/b28-24+/t19-,22?,25-/m0/s1. The molecule has 0 radical (unpaired) electrons. The number of imidazole rings is 1. The number of allylic oxidation sites excluding steroid dienone is 1. The number of pyridine rings is 1. The lowest BCUT2D eigenvalue weighted by molar-refractivity contribution is -0.187. The molecule has 8 nitrogen and oxygen atoms in total. The average molecular weight is 451 g/mol. The first kappa shape index (κ1) is 24.4. The Balaban J connectivity index is 1.93. The van der Waals surface area contributed by atoms with Crippen molar-refractivity contribution in [3.63, 3.8) is 0 Å². The zero-order valence-electron chi connectivity index (χ0n) is 19.4. The molecule has 0 spiro atoms. The SMILES string of the molecule is C=C[C@@](C)(C#Cc1ccc(C=O)nc1)/C(=N\OCC)n1ccnc1[C@H](C)OC1CCCCO1. The number of oxime groups is 1. The number of carbonyl (C=O) groups is 1. The van der Waals surface area contributed by atoms with Gasteiger partial charge in [-0.25, -0.2) is 4.98 Å². The second-order valence-corrected chi connectivity index (χ2v) is 7.81. The summed E-state index contributed by atoms with van der Waals surface area (Å²) in [5.41, 5.74) is 0.140. The first-order valence-electron chi connectivity index (χ1n) is 11.1. The molecule has 0 saturated carbocycles. The quantitative estimate of drug-likeness (QED) is 0.150. The highest BCUT2D eigenvalue weighted by molar-refractivity contribution is 5.94. The van der Waals surface area contributed by atoms with Crippen LogP contribution in [0.5, 0.6) is 0 Å². The number of ether oxygens (including phenoxy) is 2. The minimum Gasteiger partial charge on any atom is -0.395 e. The molecule has 1 aliphatic rings. The van der Waals surface area contributed by atoms with E-state index in [1.54, 1.807) is 36.8 Å². The third-order valence-electron chi connectivity index (χ3n) is 5.28. The zero-order chi connectivity index (χ0) is 23.7. The molecular formula is C25H30N4O4. The molecule has 1 fully saturated rings. The van der Waals surface area contributed by atoms with Gasteiger partial charge in [0.05, 0.1) is 0 Å². The smallest absolute Gasteiger partial charge is 0.176 e. The summed E-state index contributed by atoms with van der Waals surface area (Å²) in [6.07, 6.45) is 9.87. The fraction of sp³-hybridized carbons (Fsp3) is 0.440. The highest BCUT2D eigenvalue weighted by Gasteiger charge is 2.31. The molecule has 33 heavy (non-hydrogen) atoms. The van der Waals surface area contributed by atoms with E-state index in [0.29, 0.717) is 42.4 Å². The van der Waals surface area contributed by atoms with Crippen LogP contribution in [0.2, 0.25) is 0 Å². The van der Waals surface area contributed by atoms with Gasteiger partial charge in [0.2, 0.25) is 0 Å². The van der Waals surface area contributed by atoms with Crippen molar-refractivity contribution in [2.75, 3.05) is 13.2 Å². The first-order valence-corrected chi connectivity index (χ1v) is 11.1. The highest BCUT2D eigenvalue weighted by atomic mass is 16.7. The van der Waals surface area contributed by atoms with Crippen molar-refractivity contribution < 1.29 is 19.1 Å². The van der Waals surface area contributed by atoms with E-state index in [9.17, 15) is 4.79 Å². The largest absolute Gasteiger partial charge is 0.395 e. The van der Waals surface area contributed by atoms with Gasteiger partial charge in [0, 0.05) is 30.8 Å². The van der Waals surface area contributed by atoms with Crippen LogP contribution < -0.4 is 0 Å². The Morgan fingerprint density at radius 3 is 2.94 bits per heavy atom. The number of nitrogens with zero attached hydrogens (tertiary/aromatic N) is 4. The number of aldehydes is 1. The van der Waals surface area contributed by atoms with Crippen LogP contribution in [0.25, 0.3) is 0 Å². The van der Waals surface area contributed by atoms with E-state index < -0.39 is 5.41 Å². The molecule has 0 aliphatic carbocycles. The van der Waals surface area contributed by atoms with Gasteiger partial charge in [-0.2, -0.15) is 0 Å². The molecule has 174 valence electrons. The number of aromatic nitrogens is 3. The fourth-order valence-electron chi connectivity index (χ4n) is 3.37. The van der Waals surface area contributed by atoms with Gasteiger partial charge in [-0.1, -0.05) is 23.1 Å². The Morgan fingerprint density at radius 1 is 1.45 bits per heavy atom. The normalized spacial score (nSPS) is 19.0. The Morgan fingerprint density at radius 2 is 2.30 bits per heavy atom. The number of hydrogen-bond acceptors (Lipinski definition) is 7. The summed E-state index contributed by atoms with van der Waals surface area (Å²) in [7, 11) is 0. The topological polar surface area (TPSA) is 87.8 Å². The summed E-state index contributed by atoms with van der Waals surface area (Å²) >= 11 is 0. The summed E-state index contributed by atoms with van der Waals surface area (Å²) in [4.78, 5) is 24.9. The Kier molecular flexibility index (Phi) is 8.52. The molecule has 1 saturated heterocycles. The van der Waals surface area contributed by atoms with Crippen molar-refractivity contribution in [2.45, 2.75) is 52.4 Å².